The first-order valence-corrected chi connectivity index (χ1v) is 6.81. The molecule has 0 unspecified atom stereocenters. The summed E-state index contributed by atoms with van der Waals surface area (Å²) < 4.78 is 17.7. The second kappa shape index (κ2) is 7.10. The molecule has 2 rings (SSSR count). The van der Waals surface area contributed by atoms with Crippen LogP contribution in [0, 0.1) is 0 Å². The smallest absolute Gasteiger partial charge is 0.119 e. The van der Waals surface area contributed by atoms with Crippen molar-refractivity contribution in [1.82, 2.24) is 9.88 Å². The minimum absolute atomic E-state index is 0.324. The number of hydrogen-bond acceptors (Lipinski definition) is 2. The van der Waals surface area contributed by atoms with Gasteiger partial charge in [0, 0.05) is 36.7 Å². The Bertz CT molecular complexity index is 565. The lowest BCUT2D eigenvalue weighted by Crippen LogP contribution is -2.28. The van der Waals surface area contributed by atoms with Crippen LogP contribution in [0.1, 0.15) is 5.56 Å². The van der Waals surface area contributed by atoms with Crippen LogP contribution in [0.3, 0.4) is 0 Å². The van der Waals surface area contributed by atoms with Gasteiger partial charge in [-0.3, -0.25) is 4.90 Å². The maximum absolute atomic E-state index is 12.5. The molecule has 0 radical (unpaired) electrons. The molecule has 0 bridgehead atoms. The van der Waals surface area contributed by atoms with Crippen LogP contribution >= 0.6 is 0 Å². The Kier molecular flexibility index (Phi) is 5.18. The molecule has 4 heteroatoms. The molecule has 3 nitrogen and oxygen atoms in total. The molecule has 108 valence electrons. The third-order valence-electron chi connectivity index (χ3n) is 3.46. The number of hydrogen-bond donors (Lipinski definition) is 1. The van der Waals surface area contributed by atoms with Crippen molar-refractivity contribution in [2.45, 2.75) is 6.42 Å². The quantitative estimate of drug-likeness (QED) is 0.750. The van der Waals surface area contributed by atoms with Gasteiger partial charge in [0.05, 0.1) is 7.11 Å². The summed E-state index contributed by atoms with van der Waals surface area (Å²) in [5.74, 6) is 0.852. The first-order valence-electron chi connectivity index (χ1n) is 6.81. The van der Waals surface area contributed by atoms with E-state index in [0.29, 0.717) is 6.54 Å². The Balaban J connectivity index is 2.10. The topological polar surface area (TPSA) is 28.3 Å². The molecule has 1 N–H and O–H groups in total. The lowest BCUT2D eigenvalue weighted by Gasteiger charge is -2.18. The standard InChI is InChI=1S/C16H21FN2O/c1-3-8-19(10-7-17)9-6-13-12-18-16-5-4-14(20-2)11-15(13)16/h3-5,11-12,18H,1,6-10H2,2H3. The van der Waals surface area contributed by atoms with Crippen LogP contribution in [0.4, 0.5) is 4.39 Å². The van der Waals surface area contributed by atoms with Crippen molar-refractivity contribution >= 4 is 10.9 Å². The van der Waals surface area contributed by atoms with Gasteiger partial charge in [-0.2, -0.15) is 0 Å². The number of aromatic amines is 1. The van der Waals surface area contributed by atoms with E-state index in [0.717, 1.165) is 30.8 Å². The number of nitrogens with zero attached hydrogens (tertiary/aromatic N) is 1. The van der Waals surface area contributed by atoms with Crippen LogP contribution in [-0.4, -0.2) is 43.3 Å². The van der Waals surface area contributed by atoms with Crippen LogP contribution in [0.25, 0.3) is 10.9 Å². The highest BCUT2D eigenvalue weighted by molar-refractivity contribution is 5.84. The first-order chi connectivity index (χ1) is 9.78. The summed E-state index contributed by atoms with van der Waals surface area (Å²) in [6.45, 7) is 5.38. The molecule has 0 amide bonds. The fraction of sp³-hybridized carbons (Fsp3) is 0.375. The van der Waals surface area contributed by atoms with E-state index in [9.17, 15) is 4.39 Å². The van der Waals surface area contributed by atoms with E-state index in [1.807, 2.05) is 30.5 Å². The highest BCUT2D eigenvalue weighted by Crippen LogP contribution is 2.24. The normalized spacial score (nSPS) is 11.2. The van der Waals surface area contributed by atoms with Crippen molar-refractivity contribution in [3.05, 3.63) is 42.6 Å². The minimum atomic E-state index is -0.324. The van der Waals surface area contributed by atoms with Crippen LogP contribution in [0.2, 0.25) is 0 Å². The van der Waals surface area contributed by atoms with E-state index < -0.39 is 0 Å². The van der Waals surface area contributed by atoms with Gasteiger partial charge >= 0.3 is 0 Å². The number of alkyl halides is 1. The van der Waals surface area contributed by atoms with Gasteiger partial charge in [-0.25, -0.2) is 4.39 Å². The highest BCUT2D eigenvalue weighted by Gasteiger charge is 2.08. The van der Waals surface area contributed by atoms with E-state index in [2.05, 4.69) is 16.5 Å². The van der Waals surface area contributed by atoms with Gasteiger partial charge in [0.2, 0.25) is 0 Å². The molecule has 0 aliphatic carbocycles. The Morgan fingerprint density at radius 1 is 1.40 bits per heavy atom. The summed E-state index contributed by atoms with van der Waals surface area (Å²) in [6, 6.07) is 5.99. The van der Waals surface area contributed by atoms with E-state index >= 15 is 0 Å². The highest BCUT2D eigenvalue weighted by atomic mass is 19.1. The molecule has 0 saturated heterocycles. The molecular formula is C16H21FN2O. The molecule has 1 aromatic heterocycles. The Hall–Kier alpha value is -1.81. The van der Waals surface area contributed by atoms with Crippen molar-refractivity contribution in [1.29, 1.82) is 0 Å². The number of halogens is 1. The van der Waals surface area contributed by atoms with Gasteiger partial charge < -0.3 is 9.72 Å². The van der Waals surface area contributed by atoms with Gasteiger partial charge in [0.25, 0.3) is 0 Å². The second-order valence-corrected chi connectivity index (χ2v) is 4.75. The number of methoxy groups -OCH3 is 1. The Morgan fingerprint density at radius 3 is 2.95 bits per heavy atom. The summed E-state index contributed by atoms with van der Waals surface area (Å²) in [6.07, 6.45) is 4.71. The maximum Gasteiger partial charge on any atom is 0.119 e. The van der Waals surface area contributed by atoms with E-state index in [-0.39, 0.29) is 6.67 Å². The van der Waals surface area contributed by atoms with Gasteiger partial charge in [-0.05, 0) is 30.2 Å². The average molecular weight is 276 g/mol. The summed E-state index contributed by atoms with van der Waals surface area (Å²) in [4.78, 5) is 5.32. The molecule has 1 heterocycles. The second-order valence-electron chi connectivity index (χ2n) is 4.75. The number of ether oxygens (including phenoxy) is 1. The van der Waals surface area contributed by atoms with Crippen LogP contribution in [-0.2, 0) is 6.42 Å². The average Bonchev–Trinajstić information content (AvgIpc) is 2.87. The van der Waals surface area contributed by atoms with E-state index in [4.69, 9.17) is 4.74 Å². The van der Waals surface area contributed by atoms with E-state index in [1.165, 1.54) is 10.9 Å². The first kappa shape index (κ1) is 14.6. The van der Waals surface area contributed by atoms with Crippen LogP contribution in [0.15, 0.2) is 37.1 Å². The SMILES string of the molecule is C=CCN(CCF)CCc1c[nH]c2ccc(OC)cc12. The number of rotatable bonds is 8. The molecule has 0 saturated carbocycles. The largest absolute Gasteiger partial charge is 0.497 e. The van der Waals surface area contributed by atoms with Crippen molar-refractivity contribution in [3.63, 3.8) is 0 Å². The van der Waals surface area contributed by atoms with Gasteiger partial charge in [-0.1, -0.05) is 6.08 Å². The predicted octanol–water partition coefficient (Wildman–Crippen LogP) is 3.18. The zero-order valence-electron chi connectivity index (χ0n) is 11.9. The fourth-order valence-electron chi connectivity index (χ4n) is 2.37. The molecule has 2 aromatic rings. The van der Waals surface area contributed by atoms with Crippen LogP contribution in [0.5, 0.6) is 5.75 Å². The van der Waals surface area contributed by atoms with Crippen molar-refractivity contribution in [2.24, 2.45) is 0 Å². The number of fused-ring (bicyclic) bond motifs is 1. The molecule has 0 atom stereocenters. The Morgan fingerprint density at radius 2 is 2.25 bits per heavy atom. The summed E-state index contributed by atoms with van der Waals surface area (Å²) in [5.41, 5.74) is 2.33. The summed E-state index contributed by atoms with van der Waals surface area (Å²) in [5, 5.41) is 1.17. The van der Waals surface area contributed by atoms with Gasteiger partial charge in [-0.15, -0.1) is 6.58 Å². The third-order valence-corrected chi connectivity index (χ3v) is 3.46. The van der Waals surface area contributed by atoms with Gasteiger partial charge in [0.1, 0.15) is 12.4 Å². The summed E-state index contributed by atoms with van der Waals surface area (Å²) in [7, 11) is 1.67. The van der Waals surface area contributed by atoms with Crippen LogP contribution < -0.4 is 4.74 Å². The molecule has 0 aliphatic heterocycles. The predicted molar refractivity (Wildman–Crippen MR) is 81.2 cm³/mol. The molecule has 20 heavy (non-hydrogen) atoms. The third kappa shape index (κ3) is 3.39. The number of aromatic nitrogens is 1. The molecule has 0 spiro atoms. The zero-order chi connectivity index (χ0) is 14.4. The summed E-state index contributed by atoms with van der Waals surface area (Å²) >= 11 is 0. The monoisotopic (exact) mass is 276 g/mol. The van der Waals surface area contributed by atoms with E-state index in [1.54, 1.807) is 7.11 Å². The zero-order valence-corrected chi connectivity index (χ0v) is 11.9. The van der Waals surface area contributed by atoms with Crippen molar-refractivity contribution in [3.8, 4) is 5.75 Å². The molecule has 0 aliphatic rings. The lowest BCUT2D eigenvalue weighted by atomic mass is 10.1. The molecule has 0 fully saturated rings. The molecular weight excluding hydrogens is 255 g/mol. The van der Waals surface area contributed by atoms with Crippen molar-refractivity contribution in [2.75, 3.05) is 33.4 Å². The number of nitrogens with one attached hydrogen (secondary N) is 1. The maximum atomic E-state index is 12.5. The minimum Gasteiger partial charge on any atom is -0.497 e. The van der Waals surface area contributed by atoms with Crippen molar-refractivity contribution < 1.29 is 9.13 Å². The molecule has 1 aromatic carbocycles. The number of benzene rings is 1. The lowest BCUT2D eigenvalue weighted by molar-refractivity contribution is 0.274. The number of H-pyrrole nitrogens is 1. The van der Waals surface area contributed by atoms with Gasteiger partial charge in [0.15, 0.2) is 0 Å². The Labute approximate surface area is 119 Å². The fourth-order valence-corrected chi connectivity index (χ4v) is 2.37.